The molecule has 0 fully saturated rings. The van der Waals surface area contributed by atoms with E-state index in [0.29, 0.717) is 17.0 Å². The molecule has 4 rings (SSSR count). The van der Waals surface area contributed by atoms with Crippen molar-refractivity contribution in [2.45, 2.75) is 13.8 Å². The number of hydrogen-bond donors (Lipinski definition) is 1. The molecule has 2 amide bonds. The molecule has 2 heterocycles. The number of aryl methyl sites for hydroxylation is 2. The maximum atomic E-state index is 13.3. The van der Waals surface area contributed by atoms with Gasteiger partial charge < -0.3 is 10.1 Å². The minimum Gasteiger partial charge on any atom is -0.497 e. The molecule has 6 heteroatoms. The van der Waals surface area contributed by atoms with Gasteiger partial charge in [0.05, 0.1) is 18.4 Å². The van der Waals surface area contributed by atoms with E-state index < -0.39 is 0 Å². The van der Waals surface area contributed by atoms with Gasteiger partial charge in [0.1, 0.15) is 11.4 Å². The first-order valence-electron chi connectivity index (χ1n) is 9.15. The topological polar surface area (TPSA) is 58.6 Å². The van der Waals surface area contributed by atoms with Crippen LogP contribution in [0.15, 0.2) is 65.7 Å². The van der Waals surface area contributed by atoms with Gasteiger partial charge in [0, 0.05) is 10.6 Å². The highest BCUT2D eigenvalue weighted by Gasteiger charge is 2.40. The van der Waals surface area contributed by atoms with Gasteiger partial charge in [-0.25, -0.2) is 4.90 Å². The van der Waals surface area contributed by atoms with E-state index in [1.54, 1.807) is 31.4 Å². The van der Waals surface area contributed by atoms with Gasteiger partial charge in [-0.1, -0.05) is 12.1 Å². The minimum atomic E-state index is -0.373. The first-order chi connectivity index (χ1) is 14.0. The van der Waals surface area contributed by atoms with Gasteiger partial charge in [0.2, 0.25) is 0 Å². The van der Waals surface area contributed by atoms with Crippen LogP contribution < -0.4 is 15.0 Å². The average Bonchev–Trinajstić information content (AvgIpc) is 3.32. The van der Waals surface area contributed by atoms with E-state index in [1.807, 2.05) is 49.6 Å². The van der Waals surface area contributed by atoms with Crippen molar-refractivity contribution >= 4 is 40.1 Å². The Hall–Kier alpha value is -3.38. The van der Waals surface area contributed by atoms with Crippen LogP contribution in [-0.2, 0) is 9.59 Å². The van der Waals surface area contributed by atoms with Crippen LogP contribution in [0.1, 0.15) is 16.0 Å². The van der Waals surface area contributed by atoms with E-state index in [2.05, 4.69) is 5.32 Å². The summed E-state index contributed by atoms with van der Waals surface area (Å²) in [6.07, 6.45) is 0. The van der Waals surface area contributed by atoms with Crippen molar-refractivity contribution in [3.05, 3.63) is 81.7 Å². The largest absolute Gasteiger partial charge is 0.497 e. The summed E-state index contributed by atoms with van der Waals surface area (Å²) in [6, 6.07) is 16.5. The molecule has 5 nitrogen and oxygen atoms in total. The lowest BCUT2D eigenvalue weighted by Crippen LogP contribution is -2.32. The van der Waals surface area contributed by atoms with Gasteiger partial charge in [0.15, 0.2) is 0 Å². The zero-order valence-electron chi connectivity index (χ0n) is 16.4. The number of ether oxygens (including phenoxy) is 1. The van der Waals surface area contributed by atoms with Crippen molar-refractivity contribution in [1.29, 1.82) is 0 Å². The standard InChI is InChI=1S/C23H20N2O3S/c1-14-6-7-16(13-15(14)2)24-21-20(19-5-4-12-29-19)22(26)25(23(21)27)17-8-10-18(28-3)11-9-17/h4-13,24H,1-3H3. The molecule has 146 valence electrons. The fourth-order valence-electron chi connectivity index (χ4n) is 3.22. The molecule has 29 heavy (non-hydrogen) atoms. The summed E-state index contributed by atoms with van der Waals surface area (Å²) in [5.74, 6) is -0.0523. The number of amides is 2. The third kappa shape index (κ3) is 3.43. The van der Waals surface area contributed by atoms with E-state index in [1.165, 1.54) is 16.2 Å². The van der Waals surface area contributed by atoms with Gasteiger partial charge in [-0.2, -0.15) is 0 Å². The van der Waals surface area contributed by atoms with Crippen molar-refractivity contribution in [3.63, 3.8) is 0 Å². The summed E-state index contributed by atoms with van der Waals surface area (Å²) in [7, 11) is 1.57. The molecule has 1 aliphatic rings. The van der Waals surface area contributed by atoms with E-state index in [9.17, 15) is 9.59 Å². The molecule has 1 aromatic heterocycles. The number of imide groups is 1. The fourth-order valence-corrected chi connectivity index (χ4v) is 3.99. The van der Waals surface area contributed by atoms with E-state index >= 15 is 0 Å². The van der Waals surface area contributed by atoms with E-state index in [0.717, 1.165) is 21.7 Å². The first kappa shape index (κ1) is 19.0. The predicted octanol–water partition coefficient (Wildman–Crippen LogP) is 4.77. The minimum absolute atomic E-state index is 0.288. The smallest absolute Gasteiger partial charge is 0.282 e. The summed E-state index contributed by atoms with van der Waals surface area (Å²) in [6.45, 7) is 4.05. The summed E-state index contributed by atoms with van der Waals surface area (Å²) in [5, 5.41) is 5.09. The van der Waals surface area contributed by atoms with Gasteiger partial charge in [-0.3, -0.25) is 9.59 Å². The molecular formula is C23H20N2O3S. The highest BCUT2D eigenvalue weighted by molar-refractivity contribution is 7.11. The maximum absolute atomic E-state index is 13.3. The van der Waals surface area contributed by atoms with Gasteiger partial charge in [-0.05, 0) is 72.8 Å². The number of carbonyl (C=O) groups is 2. The van der Waals surface area contributed by atoms with Crippen LogP contribution in [0.3, 0.4) is 0 Å². The second-order valence-corrected chi connectivity index (χ2v) is 7.74. The number of thiophene rings is 1. The molecule has 0 saturated heterocycles. The number of anilines is 2. The lowest BCUT2D eigenvalue weighted by molar-refractivity contribution is -0.120. The number of carbonyl (C=O) groups excluding carboxylic acids is 2. The van der Waals surface area contributed by atoms with Crippen molar-refractivity contribution in [3.8, 4) is 5.75 Å². The Balaban J connectivity index is 1.76. The van der Waals surface area contributed by atoms with Crippen LogP contribution in [0.2, 0.25) is 0 Å². The molecule has 1 aliphatic heterocycles. The molecule has 0 radical (unpaired) electrons. The van der Waals surface area contributed by atoms with Gasteiger partial charge in [0.25, 0.3) is 11.8 Å². The molecule has 0 atom stereocenters. The third-order valence-corrected chi connectivity index (χ3v) is 5.85. The van der Waals surface area contributed by atoms with Gasteiger partial charge in [-0.15, -0.1) is 11.3 Å². The summed E-state index contributed by atoms with van der Waals surface area (Å²) < 4.78 is 5.18. The Morgan fingerprint density at radius 1 is 0.931 bits per heavy atom. The normalized spacial score (nSPS) is 14.0. The quantitative estimate of drug-likeness (QED) is 0.623. The van der Waals surface area contributed by atoms with E-state index in [4.69, 9.17) is 4.74 Å². The number of nitrogens with one attached hydrogen (secondary N) is 1. The van der Waals surface area contributed by atoms with Crippen LogP contribution in [0, 0.1) is 13.8 Å². The Bertz CT molecular complexity index is 1120. The van der Waals surface area contributed by atoms with Crippen molar-refractivity contribution in [2.75, 3.05) is 17.3 Å². The van der Waals surface area contributed by atoms with Crippen LogP contribution in [0.4, 0.5) is 11.4 Å². The molecule has 0 saturated carbocycles. The number of hydrogen-bond acceptors (Lipinski definition) is 5. The molecular weight excluding hydrogens is 384 g/mol. The number of methoxy groups -OCH3 is 1. The number of nitrogens with zero attached hydrogens (tertiary/aromatic N) is 1. The van der Waals surface area contributed by atoms with Crippen LogP contribution in [-0.4, -0.2) is 18.9 Å². The summed E-state index contributed by atoms with van der Waals surface area (Å²) in [4.78, 5) is 28.5. The molecule has 1 N–H and O–H groups in total. The highest BCUT2D eigenvalue weighted by Crippen LogP contribution is 2.36. The zero-order chi connectivity index (χ0) is 20.5. The molecule has 0 bridgehead atoms. The molecule has 2 aromatic carbocycles. The monoisotopic (exact) mass is 404 g/mol. The zero-order valence-corrected chi connectivity index (χ0v) is 17.2. The Morgan fingerprint density at radius 3 is 2.31 bits per heavy atom. The fraction of sp³-hybridized carbons (Fsp3) is 0.130. The lowest BCUT2D eigenvalue weighted by Gasteiger charge is -2.16. The van der Waals surface area contributed by atoms with Crippen molar-refractivity contribution in [2.24, 2.45) is 0 Å². The Kier molecular flexibility index (Phi) is 4.94. The summed E-state index contributed by atoms with van der Waals surface area (Å²) in [5.41, 5.74) is 4.23. The molecule has 0 spiro atoms. The van der Waals surface area contributed by atoms with Crippen molar-refractivity contribution < 1.29 is 14.3 Å². The first-order valence-corrected chi connectivity index (χ1v) is 10.0. The molecule has 0 aliphatic carbocycles. The van der Waals surface area contributed by atoms with Crippen LogP contribution >= 0.6 is 11.3 Å². The van der Waals surface area contributed by atoms with E-state index in [-0.39, 0.29) is 17.5 Å². The Morgan fingerprint density at radius 2 is 1.69 bits per heavy atom. The molecule has 3 aromatic rings. The maximum Gasteiger partial charge on any atom is 0.282 e. The SMILES string of the molecule is COc1ccc(N2C(=O)C(Nc3ccc(C)c(C)c3)=C(c3cccs3)C2=O)cc1. The number of rotatable bonds is 5. The number of benzene rings is 2. The van der Waals surface area contributed by atoms with Crippen molar-refractivity contribution in [1.82, 2.24) is 0 Å². The Labute approximate surface area is 173 Å². The highest BCUT2D eigenvalue weighted by atomic mass is 32.1. The third-order valence-electron chi connectivity index (χ3n) is 4.96. The second-order valence-electron chi connectivity index (χ2n) is 6.80. The lowest BCUT2D eigenvalue weighted by atomic mass is 10.1. The predicted molar refractivity (Wildman–Crippen MR) is 116 cm³/mol. The second kappa shape index (κ2) is 7.56. The van der Waals surface area contributed by atoms with Crippen LogP contribution in [0.25, 0.3) is 5.57 Å². The molecule has 0 unspecified atom stereocenters. The van der Waals surface area contributed by atoms with Gasteiger partial charge >= 0.3 is 0 Å². The summed E-state index contributed by atoms with van der Waals surface area (Å²) >= 11 is 1.43. The van der Waals surface area contributed by atoms with Crippen LogP contribution in [0.5, 0.6) is 5.75 Å². The average molecular weight is 404 g/mol.